The van der Waals surface area contributed by atoms with Crippen LogP contribution in [0.25, 0.3) is 0 Å². The predicted molar refractivity (Wildman–Crippen MR) is 234 cm³/mol. The zero-order valence-electron chi connectivity index (χ0n) is 35.6. The van der Waals surface area contributed by atoms with Crippen LogP contribution in [-0.2, 0) is 14.3 Å². The summed E-state index contributed by atoms with van der Waals surface area (Å²) in [7, 11) is 0. The number of hydrogen-bond donors (Lipinski definition) is 3. The summed E-state index contributed by atoms with van der Waals surface area (Å²) in [5.74, 6) is 1.10. The van der Waals surface area contributed by atoms with E-state index in [0.717, 1.165) is 92.6 Å². The molecule has 1 aromatic carbocycles. The van der Waals surface area contributed by atoms with E-state index in [-0.39, 0.29) is 48.4 Å². The molecule has 4 aliphatic rings. The third-order valence-electron chi connectivity index (χ3n) is 12.4. The van der Waals surface area contributed by atoms with Gasteiger partial charge in [-0.25, -0.2) is 4.79 Å². The molecule has 5 rings (SSSR count). The normalized spacial score (nSPS) is 26.9. The van der Waals surface area contributed by atoms with E-state index in [1.807, 2.05) is 30.0 Å². The van der Waals surface area contributed by atoms with E-state index in [0.29, 0.717) is 38.3 Å². The Kier molecular flexibility index (Phi) is 20.3. The number of unbranched alkanes of at least 4 members (excludes halogenated alkanes) is 11. The summed E-state index contributed by atoms with van der Waals surface area (Å²) < 4.78 is 26.1. The monoisotopic (exact) mass is 827 g/mol. The molecule has 1 amide bonds. The Hall–Kier alpha value is -2.57. The maximum Gasteiger partial charge on any atom is 0.412 e. The van der Waals surface area contributed by atoms with E-state index in [9.17, 15) is 15.0 Å². The molecule has 0 radical (unpaired) electrons. The lowest BCUT2D eigenvalue weighted by Crippen LogP contribution is -2.64. The van der Waals surface area contributed by atoms with Gasteiger partial charge >= 0.3 is 6.09 Å². The maximum atomic E-state index is 13.2. The highest BCUT2D eigenvalue weighted by molar-refractivity contribution is 8.00. The van der Waals surface area contributed by atoms with Gasteiger partial charge in [-0.3, -0.25) is 0 Å². The van der Waals surface area contributed by atoms with Gasteiger partial charge in [0.2, 0.25) is 12.1 Å². The predicted octanol–water partition coefficient (Wildman–Crippen LogP) is 10.6. The number of rotatable bonds is 27. The van der Waals surface area contributed by atoms with E-state index in [4.69, 9.17) is 28.9 Å². The molecule has 1 saturated carbocycles. The topological polar surface area (TPSA) is 128 Å². The second-order valence-corrected chi connectivity index (χ2v) is 18.1. The summed E-state index contributed by atoms with van der Waals surface area (Å²) >= 11 is 1.82. The number of aliphatic hydroxyl groups is 2. The van der Waals surface area contributed by atoms with Gasteiger partial charge < -0.3 is 39.3 Å². The van der Waals surface area contributed by atoms with E-state index in [1.165, 1.54) is 51.4 Å². The second kappa shape index (κ2) is 25.3. The molecule has 2 fully saturated rings. The minimum atomic E-state index is -1.02. The number of hydrogen-bond acceptors (Lipinski definition) is 10. The first-order valence-corrected chi connectivity index (χ1v) is 24.0. The van der Waals surface area contributed by atoms with Crippen molar-refractivity contribution in [1.82, 2.24) is 5.32 Å². The van der Waals surface area contributed by atoms with Gasteiger partial charge in [-0.15, -0.1) is 6.58 Å². The summed E-state index contributed by atoms with van der Waals surface area (Å²) in [6, 6.07) is 5.78. The van der Waals surface area contributed by atoms with Crippen molar-refractivity contribution in [2.75, 3.05) is 38.7 Å². The number of ether oxygens (including phenoxy) is 4. The Bertz CT molecular complexity index is 1450. The summed E-state index contributed by atoms with van der Waals surface area (Å²) in [5.41, 5.74) is 2.98. The number of carbonyl (C=O) groups excluding carboxylic acids is 1. The second-order valence-electron chi connectivity index (χ2n) is 16.6. The van der Waals surface area contributed by atoms with Crippen LogP contribution in [0.3, 0.4) is 0 Å². The fraction of sp³-hybridized carbons (Fsp3) is 0.745. The molecular weight excluding hydrogens is 753 g/mol. The SMILES string of the molecule is C=CCO[C@@]12Oc3ccc(OC(=O)NCCCCCCCCCCCC)cc3[C@H]3[C@H](CCCCO)[C@@H](CCCCO)C=C(C(=NOC4CCCCO4)C[C@@H]1SCC)[C@H]32. The Morgan fingerprint density at radius 3 is 2.41 bits per heavy atom. The van der Waals surface area contributed by atoms with Gasteiger partial charge in [-0.05, 0) is 86.3 Å². The van der Waals surface area contributed by atoms with Crippen LogP contribution >= 0.6 is 11.8 Å². The smallest absolute Gasteiger partial charge is 0.412 e. The van der Waals surface area contributed by atoms with Crippen molar-refractivity contribution in [1.29, 1.82) is 0 Å². The van der Waals surface area contributed by atoms with Crippen molar-refractivity contribution in [2.45, 2.75) is 166 Å². The lowest BCUT2D eigenvalue weighted by molar-refractivity contribution is -0.223. The fourth-order valence-electron chi connectivity index (χ4n) is 9.60. The largest absolute Gasteiger partial charge is 0.460 e. The van der Waals surface area contributed by atoms with Crippen LogP contribution < -0.4 is 14.8 Å². The standard InChI is InChI=1S/C47H74N2O8S/c1-4-7-8-9-10-11-12-13-14-18-27-48-46(52)55-36-25-26-41-39(33-36)44-37(23-16-20-29-51)35(22-15-19-28-50)32-38-40(49-57-43-24-17-21-31-53-43)34-42(58-6-3)47(56-41,45(38)44)54-30-5-2/h5,25-26,32-33,35,37,42-45,50-51H,2,4,6-24,27-31,34H2,1,3H3,(H,48,52)/t35-,37+,42-,43?,44+,45+,47+/m0/s1. The minimum absolute atomic E-state index is 0.0685. The summed E-state index contributed by atoms with van der Waals surface area (Å²) in [6.45, 7) is 10.3. The number of nitrogens with one attached hydrogen (secondary N) is 1. The third kappa shape index (κ3) is 12.7. The first-order chi connectivity index (χ1) is 28.5. The fourth-order valence-corrected chi connectivity index (χ4v) is 10.8. The molecule has 1 aromatic rings. The molecule has 10 nitrogen and oxygen atoms in total. The van der Waals surface area contributed by atoms with E-state index < -0.39 is 11.9 Å². The highest BCUT2D eigenvalue weighted by Crippen LogP contribution is 2.62. The molecule has 0 bridgehead atoms. The van der Waals surface area contributed by atoms with Crippen LogP contribution in [0.15, 0.2) is 47.7 Å². The van der Waals surface area contributed by atoms with Crippen molar-refractivity contribution < 1.29 is 38.8 Å². The molecule has 326 valence electrons. The molecular formula is C47H74N2O8S. The zero-order valence-corrected chi connectivity index (χ0v) is 36.5. The van der Waals surface area contributed by atoms with E-state index in [2.05, 4.69) is 31.8 Å². The van der Waals surface area contributed by atoms with Crippen molar-refractivity contribution in [2.24, 2.45) is 22.9 Å². The number of oxime groups is 1. The van der Waals surface area contributed by atoms with E-state index >= 15 is 0 Å². The number of nitrogens with zero attached hydrogens (tertiary/aromatic N) is 1. The molecule has 58 heavy (non-hydrogen) atoms. The van der Waals surface area contributed by atoms with Crippen LogP contribution in [0.4, 0.5) is 4.79 Å². The number of benzene rings is 1. The Morgan fingerprint density at radius 2 is 1.72 bits per heavy atom. The lowest BCUT2D eigenvalue weighted by atomic mass is 9.56. The Morgan fingerprint density at radius 1 is 0.983 bits per heavy atom. The number of thioether (sulfide) groups is 1. The molecule has 1 saturated heterocycles. The van der Waals surface area contributed by atoms with Gasteiger partial charge in [0.05, 0.1) is 30.1 Å². The first kappa shape index (κ1) is 46.5. The Balaban J connectivity index is 1.43. The quantitative estimate of drug-likeness (QED) is 0.0451. The number of allylic oxidation sites excluding steroid dienone is 1. The van der Waals surface area contributed by atoms with Crippen molar-refractivity contribution in [3.05, 3.63) is 48.1 Å². The molecule has 2 aliphatic heterocycles. The maximum absolute atomic E-state index is 13.2. The summed E-state index contributed by atoms with van der Waals surface area (Å²) in [4.78, 5) is 19.3. The van der Waals surface area contributed by atoms with Crippen molar-refractivity contribution in [3.63, 3.8) is 0 Å². The van der Waals surface area contributed by atoms with Crippen molar-refractivity contribution >= 4 is 23.6 Å². The average Bonchev–Trinajstić information content (AvgIpc) is 3.23. The van der Waals surface area contributed by atoms with E-state index in [1.54, 1.807) is 6.08 Å². The van der Waals surface area contributed by atoms with Gasteiger partial charge in [-0.2, -0.15) is 11.8 Å². The van der Waals surface area contributed by atoms with Crippen LogP contribution in [0, 0.1) is 17.8 Å². The number of aliphatic hydroxyl groups excluding tert-OH is 2. The molecule has 2 aliphatic carbocycles. The van der Waals surface area contributed by atoms with Crippen LogP contribution in [0.1, 0.15) is 154 Å². The van der Waals surface area contributed by atoms with Gasteiger partial charge in [0, 0.05) is 44.1 Å². The number of amides is 1. The first-order valence-electron chi connectivity index (χ1n) is 22.9. The molecule has 3 N–H and O–H groups in total. The highest BCUT2D eigenvalue weighted by Gasteiger charge is 2.64. The van der Waals surface area contributed by atoms with Gasteiger partial charge in [-0.1, -0.05) is 102 Å². The number of carbonyl (C=O) groups is 1. The van der Waals surface area contributed by atoms with Crippen molar-refractivity contribution in [3.8, 4) is 11.5 Å². The third-order valence-corrected chi connectivity index (χ3v) is 13.6. The lowest BCUT2D eigenvalue weighted by Gasteiger charge is -2.58. The summed E-state index contributed by atoms with van der Waals surface area (Å²) in [6.07, 6.45) is 24.3. The number of fused-ring (bicyclic) bond motifs is 2. The van der Waals surface area contributed by atoms with Crippen LogP contribution in [-0.4, -0.2) is 78.1 Å². The molecule has 1 unspecified atom stereocenters. The molecule has 7 atom stereocenters. The molecule has 2 heterocycles. The molecule has 11 heteroatoms. The van der Waals surface area contributed by atoms with Gasteiger partial charge in [0.25, 0.3) is 0 Å². The molecule has 0 spiro atoms. The average molecular weight is 827 g/mol. The van der Waals surface area contributed by atoms with Crippen LogP contribution in [0.2, 0.25) is 0 Å². The van der Waals surface area contributed by atoms with Gasteiger partial charge in [0.1, 0.15) is 11.5 Å². The van der Waals surface area contributed by atoms with Gasteiger partial charge in [0.15, 0.2) is 0 Å². The highest BCUT2D eigenvalue weighted by atomic mass is 32.2. The minimum Gasteiger partial charge on any atom is -0.460 e. The summed E-state index contributed by atoms with van der Waals surface area (Å²) in [5, 5.41) is 27.5. The zero-order chi connectivity index (χ0) is 41.0. The molecule has 0 aromatic heterocycles. The van der Waals surface area contributed by atoms with Crippen LogP contribution in [0.5, 0.6) is 11.5 Å². The Labute approximate surface area is 353 Å².